The number of rotatable bonds is 4. The molecule has 0 aromatic heterocycles. The van der Waals surface area contributed by atoms with E-state index in [4.69, 9.17) is 14.2 Å². The lowest BCUT2D eigenvalue weighted by atomic mass is 9.95. The Morgan fingerprint density at radius 3 is 2.35 bits per heavy atom. The number of urea groups is 1. The largest absolute Gasteiger partial charge is 0.493 e. The maximum absolute atomic E-state index is 12.1. The summed E-state index contributed by atoms with van der Waals surface area (Å²) in [5.41, 5.74) is 1.41. The summed E-state index contributed by atoms with van der Waals surface area (Å²) in [5, 5.41) is 5.30. The Labute approximate surface area is 142 Å². The number of ether oxygens (including phenoxy) is 3. The van der Waals surface area contributed by atoms with E-state index in [9.17, 15) is 9.59 Å². The first kappa shape index (κ1) is 17.1. The van der Waals surface area contributed by atoms with Crippen molar-refractivity contribution in [3.63, 3.8) is 0 Å². The van der Waals surface area contributed by atoms with Gasteiger partial charge in [0.1, 0.15) is 0 Å². The van der Waals surface area contributed by atoms with Crippen molar-refractivity contribution in [2.45, 2.75) is 13.0 Å². The molecule has 1 aliphatic rings. The molecule has 1 heterocycles. The molecule has 1 aromatic rings. The normalized spacial score (nSPS) is 17.3. The molecule has 0 fully saturated rings. The van der Waals surface area contributed by atoms with Gasteiger partial charge >= 0.3 is 12.0 Å². The van der Waals surface area contributed by atoms with Crippen molar-refractivity contribution < 1.29 is 23.8 Å². The molecular weight excluding hydrogens is 368 g/mol. The molecule has 0 saturated carbocycles. The molecule has 0 radical (unpaired) electrons. The van der Waals surface area contributed by atoms with Crippen LogP contribution in [-0.4, -0.2) is 33.3 Å². The summed E-state index contributed by atoms with van der Waals surface area (Å²) in [7, 11) is 4.33. The summed E-state index contributed by atoms with van der Waals surface area (Å²) in [6.07, 6.45) is 0. The van der Waals surface area contributed by atoms with Gasteiger partial charge in [0.05, 0.1) is 32.9 Å². The molecule has 0 saturated heterocycles. The Balaban J connectivity index is 2.60. The van der Waals surface area contributed by atoms with Gasteiger partial charge in [0, 0.05) is 10.2 Å². The summed E-state index contributed by atoms with van der Waals surface area (Å²) in [6.45, 7) is 1.65. The molecule has 0 unspecified atom stereocenters. The zero-order valence-electron chi connectivity index (χ0n) is 13.2. The maximum atomic E-state index is 12.1. The number of methoxy groups -OCH3 is 3. The van der Waals surface area contributed by atoms with Crippen molar-refractivity contribution in [2.75, 3.05) is 21.3 Å². The van der Waals surface area contributed by atoms with Gasteiger partial charge in [-0.3, -0.25) is 0 Å². The molecule has 124 valence electrons. The lowest BCUT2D eigenvalue weighted by Crippen LogP contribution is -2.45. The number of halogens is 1. The van der Waals surface area contributed by atoms with Crippen LogP contribution in [0.2, 0.25) is 0 Å². The van der Waals surface area contributed by atoms with Gasteiger partial charge < -0.3 is 24.8 Å². The monoisotopic (exact) mass is 384 g/mol. The highest BCUT2D eigenvalue weighted by Crippen LogP contribution is 2.39. The standard InChI is InChI=1S/C15H17BrN2O5/c1-7-12(14(19)23-4)13(18-15(20)17-7)8-5-10(21-2)11(22-3)6-9(8)16/h5-6,13H,1-4H3,(H2,17,18,20)/t13-/m0/s1. The van der Waals surface area contributed by atoms with Crippen molar-refractivity contribution in [1.29, 1.82) is 0 Å². The number of allylic oxidation sites excluding steroid dienone is 1. The van der Waals surface area contributed by atoms with E-state index in [1.807, 2.05) is 0 Å². The minimum absolute atomic E-state index is 0.319. The first-order valence-electron chi connectivity index (χ1n) is 6.71. The predicted octanol–water partition coefficient (Wildman–Crippen LogP) is 2.27. The molecule has 0 aliphatic carbocycles. The van der Waals surface area contributed by atoms with Gasteiger partial charge in [-0.15, -0.1) is 0 Å². The number of carbonyl (C=O) groups excluding carboxylic acids is 2. The first-order chi connectivity index (χ1) is 10.9. The molecule has 8 heteroatoms. The fourth-order valence-corrected chi connectivity index (χ4v) is 2.95. The fraction of sp³-hybridized carbons (Fsp3) is 0.333. The SMILES string of the molecule is COC(=O)C1=C(C)NC(=O)N[C@H]1c1cc(OC)c(OC)cc1Br. The summed E-state index contributed by atoms with van der Waals surface area (Å²) in [4.78, 5) is 23.9. The molecule has 2 amide bonds. The molecule has 7 nitrogen and oxygen atoms in total. The lowest BCUT2D eigenvalue weighted by molar-refractivity contribution is -0.136. The van der Waals surface area contributed by atoms with Gasteiger partial charge in [-0.05, 0) is 24.6 Å². The minimum atomic E-state index is -0.676. The Bertz CT molecular complexity index is 687. The average molecular weight is 385 g/mol. The van der Waals surface area contributed by atoms with Crippen molar-refractivity contribution in [2.24, 2.45) is 0 Å². The second kappa shape index (κ2) is 6.91. The molecule has 0 spiro atoms. The Morgan fingerprint density at radius 1 is 1.17 bits per heavy atom. The number of benzene rings is 1. The quantitative estimate of drug-likeness (QED) is 0.777. The number of hydrogen-bond acceptors (Lipinski definition) is 5. The van der Waals surface area contributed by atoms with E-state index in [1.54, 1.807) is 19.1 Å². The van der Waals surface area contributed by atoms with E-state index >= 15 is 0 Å². The van der Waals surface area contributed by atoms with E-state index in [0.717, 1.165) is 0 Å². The van der Waals surface area contributed by atoms with Crippen molar-refractivity contribution >= 4 is 27.9 Å². The van der Waals surface area contributed by atoms with Gasteiger partial charge in [-0.1, -0.05) is 15.9 Å². The highest BCUT2D eigenvalue weighted by Gasteiger charge is 2.33. The third-order valence-electron chi connectivity index (χ3n) is 3.49. The minimum Gasteiger partial charge on any atom is -0.493 e. The van der Waals surface area contributed by atoms with Crippen LogP contribution in [0.4, 0.5) is 4.79 Å². The van der Waals surface area contributed by atoms with E-state index < -0.39 is 18.0 Å². The van der Waals surface area contributed by atoms with Gasteiger partial charge in [-0.2, -0.15) is 0 Å². The average Bonchev–Trinajstić information content (AvgIpc) is 2.53. The molecule has 1 aromatic carbocycles. The highest BCUT2D eigenvalue weighted by atomic mass is 79.9. The molecular formula is C15H17BrN2O5. The summed E-state index contributed by atoms with van der Waals surface area (Å²) in [6, 6.07) is 2.34. The predicted molar refractivity (Wildman–Crippen MR) is 86.4 cm³/mol. The van der Waals surface area contributed by atoms with Crippen LogP contribution >= 0.6 is 15.9 Å². The van der Waals surface area contributed by atoms with Crippen LogP contribution < -0.4 is 20.1 Å². The van der Waals surface area contributed by atoms with Crippen LogP contribution in [0.25, 0.3) is 0 Å². The van der Waals surface area contributed by atoms with Crippen LogP contribution in [0.15, 0.2) is 27.9 Å². The number of esters is 1. The lowest BCUT2D eigenvalue weighted by Gasteiger charge is -2.29. The number of carbonyl (C=O) groups is 2. The van der Waals surface area contributed by atoms with Crippen LogP contribution in [-0.2, 0) is 9.53 Å². The third kappa shape index (κ3) is 3.26. The van der Waals surface area contributed by atoms with Crippen LogP contribution in [0.1, 0.15) is 18.5 Å². The first-order valence-corrected chi connectivity index (χ1v) is 7.50. The highest BCUT2D eigenvalue weighted by molar-refractivity contribution is 9.10. The van der Waals surface area contributed by atoms with E-state index in [-0.39, 0.29) is 0 Å². The number of nitrogens with one attached hydrogen (secondary N) is 2. The molecule has 1 aliphatic heterocycles. The number of hydrogen-bond donors (Lipinski definition) is 2. The number of amides is 2. The van der Waals surface area contributed by atoms with Crippen LogP contribution in [0.5, 0.6) is 11.5 Å². The van der Waals surface area contributed by atoms with Crippen molar-refractivity contribution in [3.05, 3.63) is 33.4 Å². The Morgan fingerprint density at radius 2 is 1.78 bits per heavy atom. The van der Waals surface area contributed by atoms with Crippen LogP contribution in [0.3, 0.4) is 0 Å². The van der Waals surface area contributed by atoms with Crippen LogP contribution in [0, 0.1) is 0 Å². The van der Waals surface area contributed by atoms with Crippen molar-refractivity contribution in [1.82, 2.24) is 10.6 Å². The molecule has 0 bridgehead atoms. The molecule has 23 heavy (non-hydrogen) atoms. The topological polar surface area (TPSA) is 85.9 Å². The van der Waals surface area contributed by atoms with E-state index in [1.165, 1.54) is 21.3 Å². The van der Waals surface area contributed by atoms with Gasteiger partial charge in [-0.25, -0.2) is 9.59 Å². The van der Waals surface area contributed by atoms with E-state index in [0.29, 0.717) is 32.8 Å². The van der Waals surface area contributed by atoms with Gasteiger partial charge in [0.2, 0.25) is 0 Å². The van der Waals surface area contributed by atoms with Crippen molar-refractivity contribution in [3.8, 4) is 11.5 Å². The van der Waals surface area contributed by atoms with Gasteiger partial charge in [0.15, 0.2) is 11.5 Å². The van der Waals surface area contributed by atoms with E-state index in [2.05, 4.69) is 26.6 Å². The smallest absolute Gasteiger partial charge is 0.337 e. The Hall–Kier alpha value is -2.22. The summed E-state index contributed by atoms with van der Waals surface area (Å²) in [5.74, 6) is 0.491. The fourth-order valence-electron chi connectivity index (χ4n) is 2.40. The zero-order valence-corrected chi connectivity index (χ0v) is 14.7. The Kier molecular flexibility index (Phi) is 5.15. The zero-order chi connectivity index (χ0) is 17.1. The molecule has 2 rings (SSSR count). The summed E-state index contributed by atoms with van der Waals surface area (Å²) < 4.78 is 16.0. The second-order valence-electron chi connectivity index (χ2n) is 4.79. The molecule has 1 atom stereocenters. The second-order valence-corrected chi connectivity index (χ2v) is 5.64. The summed E-state index contributed by atoms with van der Waals surface area (Å²) >= 11 is 3.44. The third-order valence-corrected chi connectivity index (χ3v) is 4.18. The maximum Gasteiger partial charge on any atom is 0.337 e. The molecule has 2 N–H and O–H groups in total. The van der Waals surface area contributed by atoms with Gasteiger partial charge in [0.25, 0.3) is 0 Å².